The zero-order chi connectivity index (χ0) is 15.0. The largest absolute Gasteiger partial charge is 0.493 e. The van der Waals surface area contributed by atoms with Gasteiger partial charge >= 0.3 is 5.97 Å². The first-order valence-electron chi connectivity index (χ1n) is 7.22. The Morgan fingerprint density at radius 3 is 2.60 bits per heavy atom. The van der Waals surface area contributed by atoms with Crippen molar-refractivity contribution < 1.29 is 14.6 Å². The van der Waals surface area contributed by atoms with Crippen molar-refractivity contribution in [3.63, 3.8) is 0 Å². The van der Waals surface area contributed by atoms with Crippen LogP contribution in [0.4, 0.5) is 0 Å². The van der Waals surface area contributed by atoms with Crippen molar-refractivity contribution in [2.45, 2.75) is 45.1 Å². The van der Waals surface area contributed by atoms with Gasteiger partial charge in [0.2, 0.25) is 0 Å². The number of ether oxygens (including phenoxy) is 1. The van der Waals surface area contributed by atoms with Crippen LogP contribution in [0.15, 0.2) is 24.3 Å². The van der Waals surface area contributed by atoms with Gasteiger partial charge in [-0.15, -0.1) is 0 Å². The van der Waals surface area contributed by atoms with Crippen LogP contribution in [0.1, 0.15) is 38.7 Å². The molecule has 0 spiro atoms. The van der Waals surface area contributed by atoms with E-state index in [4.69, 9.17) is 4.74 Å². The van der Waals surface area contributed by atoms with Gasteiger partial charge in [0.1, 0.15) is 11.3 Å². The molecule has 4 heteroatoms. The van der Waals surface area contributed by atoms with Crippen LogP contribution >= 0.6 is 0 Å². The predicted molar refractivity (Wildman–Crippen MR) is 80.3 cm³/mol. The highest BCUT2D eigenvalue weighted by atomic mass is 16.5. The van der Waals surface area contributed by atoms with Crippen LogP contribution in [0.5, 0.6) is 5.75 Å². The minimum Gasteiger partial charge on any atom is -0.493 e. The van der Waals surface area contributed by atoms with Crippen LogP contribution in [0.2, 0.25) is 0 Å². The number of carboxylic acids is 1. The SMILES string of the molecule is CCc1ccccc1OCCCC(CC)(NC)C(=O)O. The molecule has 0 aliphatic rings. The van der Waals surface area contributed by atoms with E-state index in [2.05, 4.69) is 18.3 Å². The van der Waals surface area contributed by atoms with Gasteiger partial charge in [-0.2, -0.15) is 0 Å². The van der Waals surface area contributed by atoms with E-state index in [-0.39, 0.29) is 0 Å². The molecule has 4 nitrogen and oxygen atoms in total. The minimum absolute atomic E-state index is 0.535. The zero-order valence-electron chi connectivity index (χ0n) is 12.6. The quantitative estimate of drug-likeness (QED) is 0.682. The number of benzene rings is 1. The molecule has 0 heterocycles. The lowest BCUT2D eigenvalue weighted by atomic mass is 9.91. The number of hydrogen-bond acceptors (Lipinski definition) is 3. The van der Waals surface area contributed by atoms with Crippen LogP contribution in [-0.2, 0) is 11.2 Å². The molecule has 0 saturated carbocycles. The summed E-state index contributed by atoms with van der Waals surface area (Å²) < 4.78 is 5.77. The first-order valence-corrected chi connectivity index (χ1v) is 7.22. The van der Waals surface area contributed by atoms with Gasteiger partial charge in [-0.05, 0) is 44.4 Å². The average molecular weight is 279 g/mol. The molecule has 0 saturated heterocycles. The number of nitrogens with one attached hydrogen (secondary N) is 1. The number of carboxylic acid groups (broad SMARTS) is 1. The van der Waals surface area contributed by atoms with E-state index in [9.17, 15) is 9.90 Å². The fourth-order valence-corrected chi connectivity index (χ4v) is 2.34. The van der Waals surface area contributed by atoms with Crippen molar-refractivity contribution in [2.75, 3.05) is 13.7 Å². The minimum atomic E-state index is -0.840. The van der Waals surface area contributed by atoms with Gasteiger partial charge in [0.25, 0.3) is 0 Å². The van der Waals surface area contributed by atoms with Crippen molar-refractivity contribution in [3.8, 4) is 5.75 Å². The molecule has 2 N–H and O–H groups in total. The topological polar surface area (TPSA) is 58.6 Å². The third kappa shape index (κ3) is 3.97. The summed E-state index contributed by atoms with van der Waals surface area (Å²) in [6.07, 6.45) is 2.76. The third-order valence-electron chi connectivity index (χ3n) is 3.85. The molecule has 1 rings (SSSR count). The molecular formula is C16H25NO3. The molecule has 1 aromatic carbocycles. The van der Waals surface area contributed by atoms with E-state index < -0.39 is 11.5 Å². The molecule has 1 unspecified atom stereocenters. The zero-order valence-corrected chi connectivity index (χ0v) is 12.6. The first kappa shape index (κ1) is 16.5. The normalized spacial score (nSPS) is 13.8. The van der Waals surface area contributed by atoms with Crippen LogP contribution < -0.4 is 10.1 Å². The number of hydrogen-bond donors (Lipinski definition) is 2. The van der Waals surface area contributed by atoms with Crippen molar-refractivity contribution in [1.29, 1.82) is 0 Å². The molecule has 0 aliphatic carbocycles. The van der Waals surface area contributed by atoms with E-state index >= 15 is 0 Å². The molecular weight excluding hydrogens is 254 g/mol. The van der Waals surface area contributed by atoms with E-state index in [0.29, 0.717) is 25.9 Å². The van der Waals surface area contributed by atoms with E-state index in [1.54, 1.807) is 7.05 Å². The van der Waals surface area contributed by atoms with Crippen molar-refractivity contribution in [1.82, 2.24) is 5.32 Å². The molecule has 0 aromatic heterocycles. The van der Waals surface area contributed by atoms with Gasteiger partial charge in [-0.25, -0.2) is 0 Å². The Morgan fingerprint density at radius 2 is 2.05 bits per heavy atom. The lowest BCUT2D eigenvalue weighted by molar-refractivity contribution is -0.145. The van der Waals surface area contributed by atoms with E-state index in [1.165, 1.54) is 5.56 Å². The second kappa shape index (κ2) is 7.90. The highest BCUT2D eigenvalue weighted by Crippen LogP contribution is 2.21. The Morgan fingerprint density at radius 1 is 1.35 bits per heavy atom. The first-order chi connectivity index (χ1) is 9.59. The molecule has 1 atom stereocenters. The van der Waals surface area contributed by atoms with Crippen LogP contribution in [0.25, 0.3) is 0 Å². The van der Waals surface area contributed by atoms with Gasteiger partial charge in [0.05, 0.1) is 6.61 Å². The monoisotopic (exact) mass is 279 g/mol. The van der Waals surface area contributed by atoms with Crippen LogP contribution in [0, 0.1) is 0 Å². The van der Waals surface area contributed by atoms with Crippen LogP contribution in [0.3, 0.4) is 0 Å². The van der Waals surface area contributed by atoms with E-state index in [0.717, 1.165) is 12.2 Å². The summed E-state index contributed by atoms with van der Waals surface area (Å²) in [7, 11) is 1.70. The molecule has 0 aliphatic heterocycles. The Balaban J connectivity index is 2.50. The molecule has 1 aromatic rings. The van der Waals surface area contributed by atoms with Gasteiger partial charge in [-0.3, -0.25) is 4.79 Å². The number of likely N-dealkylation sites (N-methyl/N-ethyl adjacent to an activating group) is 1. The predicted octanol–water partition coefficient (Wildman–Crippen LogP) is 2.86. The van der Waals surface area contributed by atoms with Gasteiger partial charge in [0, 0.05) is 0 Å². The Labute approximate surface area is 121 Å². The summed E-state index contributed by atoms with van der Waals surface area (Å²) in [5.41, 5.74) is 0.342. The van der Waals surface area contributed by atoms with E-state index in [1.807, 2.05) is 25.1 Å². The van der Waals surface area contributed by atoms with Crippen molar-refractivity contribution in [2.24, 2.45) is 0 Å². The second-order valence-corrected chi connectivity index (χ2v) is 4.90. The summed E-state index contributed by atoms with van der Waals surface area (Å²) in [5, 5.41) is 12.2. The summed E-state index contributed by atoms with van der Waals surface area (Å²) in [6, 6.07) is 7.96. The Bertz CT molecular complexity index is 427. The van der Waals surface area contributed by atoms with Gasteiger partial charge < -0.3 is 15.2 Å². The molecule has 20 heavy (non-hydrogen) atoms. The molecule has 0 fully saturated rings. The standard InChI is InChI=1S/C16H25NO3/c1-4-13-9-6-7-10-14(13)20-12-8-11-16(5-2,17-3)15(18)19/h6-7,9-10,17H,4-5,8,11-12H2,1-3H3,(H,18,19). The number of rotatable bonds is 9. The smallest absolute Gasteiger partial charge is 0.323 e. The van der Waals surface area contributed by atoms with Crippen molar-refractivity contribution >= 4 is 5.97 Å². The average Bonchev–Trinajstić information content (AvgIpc) is 2.48. The number of aryl methyl sites for hydroxylation is 1. The molecule has 112 valence electrons. The third-order valence-corrected chi connectivity index (χ3v) is 3.85. The fourth-order valence-electron chi connectivity index (χ4n) is 2.34. The maximum atomic E-state index is 11.3. The number of carbonyl (C=O) groups is 1. The Kier molecular flexibility index (Phi) is 6.52. The Hall–Kier alpha value is -1.55. The molecule has 0 radical (unpaired) electrons. The molecule has 0 amide bonds. The summed E-state index contributed by atoms with van der Waals surface area (Å²) in [5.74, 6) is 0.105. The maximum Gasteiger partial charge on any atom is 0.323 e. The fraction of sp³-hybridized carbons (Fsp3) is 0.562. The van der Waals surface area contributed by atoms with Crippen LogP contribution in [-0.4, -0.2) is 30.3 Å². The summed E-state index contributed by atoms with van der Waals surface area (Å²) in [6.45, 7) is 4.52. The highest BCUT2D eigenvalue weighted by molar-refractivity contribution is 5.78. The lowest BCUT2D eigenvalue weighted by Gasteiger charge is -2.27. The molecule has 0 bridgehead atoms. The lowest BCUT2D eigenvalue weighted by Crippen LogP contribution is -2.50. The van der Waals surface area contributed by atoms with Gasteiger partial charge in [0.15, 0.2) is 0 Å². The highest BCUT2D eigenvalue weighted by Gasteiger charge is 2.34. The van der Waals surface area contributed by atoms with Crippen molar-refractivity contribution in [3.05, 3.63) is 29.8 Å². The number of para-hydroxylation sites is 1. The van der Waals surface area contributed by atoms with Gasteiger partial charge in [-0.1, -0.05) is 32.0 Å². The summed E-state index contributed by atoms with van der Waals surface area (Å²) in [4.78, 5) is 11.3. The number of aliphatic carboxylic acids is 1. The summed E-state index contributed by atoms with van der Waals surface area (Å²) >= 11 is 0. The second-order valence-electron chi connectivity index (χ2n) is 4.90. The maximum absolute atomic E-state index is 11.3.